The van der Waals surface area contributed by atoms with Crippen molar-refractivity contribution in [1.82, 2.24) is 10.3 Å². The van der Waals surface area contributed by atoms with E-state index in [1.807, 2.05) is 18.2 Å². The van der Waals surface area contributed by atoms with Crippen molar-refractivity contribution in [2.75, 3.05) is 19.7 Å². The molecule has 2 heterocycles. The van der Waals surface area contributed by atoms with Crippen LogP contribution in [0.4, 0.5) is 4.39 Å². The van der Waals surface area contributed by atoms with Crippen molar-refractivity contribution < 1.29 is 13.9 Å². The standard InChI is InChI=1S/C16H16ClFN2O2/c17-12-5-4-11(18)9-14(12)22-16(13-3-1-2-6-20-13)15-10-19-7-8-21-15/h1-6,9,15-16,19H,7-8,10H2. The Morgan fingerprint density at radius 3 is 3.00 bits per heavy atom. The normalized spacial score (nSPS) is 19.6. The first-order chi connectivity index (χ1) is 10.7. The Morgan fingerprint density at radius 2 is 2.27 bits per heavy atom. The lowest BCUT2D eigenvalue weighted by Crippen LogP contribution is -2.43. The van der Waals surface area contributed by atoms with E-state index < -0.39 is 11.9 Å². The molecule has 1 aliphatic heterocycles. The van der Waals surface area contributed by atoms with Gasteiger partial charge in [0.15, 0.2) is 6.10 Å². The number of pyridine rings is 1. The van der Waals surface area contributed by atoms with Gasteiger partial charge in [-0.15, -0.1) is 0 Å². The summed E-state index contributed by atoms with van der Waals surface area (Å²) in [7, 11) is 0. The molecular formula is C16H16ClFN2O2. The van der Waals surface area contributed by atoms with Crippen molar-refractivity contribution in [3.63, 3.8) is 0 Å². The number of halogens is 2. The molecule has 2 atom stereocenters. The fourth-order valence-corrected chi connectivity index (χ4v) is 2.52. The van der Waals surface area contributed by atoms with Gasteiger partial charge in [0, 0.05) is 25.4 Å². The van der Waals surface area contributed by atoms with Crippen LogP contribution in [0.15, 0.2) is 42.6 Å². The second kappa shape index (κ2) is 7.05. The molecule has 1 aliphatic rings. The van der Waals surface area contributed by atoms with Gasteiger partial charge in [0.25, 0.3) is 0 Å². The lowest BCUT2D eigenvalue weighted by molar-refractivity contribution is -0.0447. The molecule has 1 saturated heterocycles. The van der Waals surface area contributed by atoms with Gasteiger partial charge in [-0.05, 0) is 24.3 Å². The average Bonchev–Trinajstić information content (AvgIpc) is 2.57. The van der Waals surface area contributed by atoms with E-state index in [1.165, 1.54) is 18.2 Å². The van der Waals surface area contributed by atoms with Crippen LogP contribution in [-0.2, 0) is 4.74 Å². The van der Waals surface area contributed by atoms with Crippen molar-refractivity contribution >= 4 is 11.6 Å². The Balaban J connectivity index is 1.89. The van der Waals surface area contributed by atoms with Gasteiger partial charge >= 0.3 is 0 Å². The number of rotatable bonds is 4. The fourth-order valence-electron chi connectivity index (χ4n) is 2.36. The van der Waals surface area contributed by atoms with Crippen LogP contribution in [0.1, 0.15) is 11.8 Å². The van der Waals surface area contributed by atoms with Gasteiger partial charge in [0.2, 0.25) is 0 Å². The number of aromatic nitrogens is 1. The molecule has 22 heavy (non-hydrogen) atoms. The minimum Gasteiger partial charge on any atom is -0.480 e. The van der Waals surface area contributed by atoms with Gasteiger partial charge in [0.1, 0.15) is 17.7 Å². The van der Waals surface area contributed by atoms with Crippen LogP contribution < -0.4 is 10.1 Å². The van der Waals surface area contributed by atoms with E-state index in [0.29, 0.717) is 18.2 Å². The maximum Gasteiger partial charge on any atom is 0.168 e. The molecule has 116 valence electrons. The highest BCUT2D eigenvalue weighted by Crippen LogP contribution is 2.31. The highest BCUT2D eigenvalue weighted by molar-refractivity contribution is 6.32. The van der Waals surface area contributed by atoms with Crippen LogP contribution in [-0.4, -0.2) is 30.8 Å². The summed E-state index contributed by atoms with van der Waals surface area (Å²) in [6, 6.07) is 9.60. The van der Waals surface area contributed by atoms with Crippen molar-refractivity contribution in [1.29, 1.82) is 0 Å². The molecule has 0 bridgehead atoms. The van der Waals surface area contributed by atoms with Gasteiger partial charge in [-0.3, -0.25) is 4.98 Å². The molecule has 0 aliphatic carbocycles. The number of nitrogens with zero attached hydrogens (tertiary/aromatic N) is 1. The second-order valence-electron chi connectivity index (χ2n) is 4.98. The molecule has 0 saturated carbocycles. The van der Waals surface area contributed by atoms with Crippen LogP contribution in [0.3, 0.4) is 0 Å². The smallest absolute Gasteiger partial charge is 0.168 e. The summed E-state index contributed by atoms with van der Waals surface area (Å²) >= 11 is 6.10. The lowest BCUT2D eigenvalue weighted by atomic mass is 10.1. The number of nitrogens with one attached hydrogen (secondary N) is 1. The third kappa shape index (κ3) is 3.55. The molecule has 0 amide bonds. The van der Waals surface area contributed by atoms with Crippen molar-refractivity contribution in [3.8, 4) is 5.75 Å². The summed E-state index contributed by atoms with van der Waals surface area (Å²) in [5.41, 5.74) is 0.719. The summed E-state index contributed by atoms with van der Waals surface area (Å²) < 4.78 is 25.2. The molecule has 4 nitrogen and oxygen atoms in total. The number of morpholine rings is 1. The van der Waals surface area contributed by atoms with E-state index in [1.54, 1.807) is 6.20 Å². The number of hydrogen-bond acceptors (Lipinski definition) is 4. The van der Waals surface area contributed by atoms with Crippen LogP contribution in [0.5, 0.6) is 5.75 Å². The maximum atomic E-state index is 13.4. The first-order valence-electron chi connectivity index (χ1n) is 7.09. The molecule has 0 spiro atoms. The van der Waals surface area contributed by atoms with E-state index in [9.17, 15) is 4.39 Å². The summed E-state index contributed by atoms with van der Waals surface area (Å²) in [5.74, 6) is -0.117. The molecule has 2 aromatic rings. The molecule has 1 fully saturated rings. The topological polar surface area (TPSA) is 43.4 Å². The number of ether oxygens (including phenoxy) is 2. The van der Waals surface area contributed by atoms with Gasteiger partial charge in [-0.2, -0.15) is 0 Å². The molecule has 2 unspecified atom stereocenters. The summed E-state index contributed by atoms with van der Waals surface area (Å²) in [6.07, 6.45) is 1.01. The van der Waals surface area contributed by atoms with Crippen molar-refractivity contribution in [2.45, 2.75) is 12.2 Å². The molecule has 6 heteroatoms. The molecule has 1 aromatic carbocycles. The van der Waals surface area contributed by atoms with E-state index in [4.69, 9.17) is 21.1 Å². The van der Waals surface area contributed by atoms with E-state index >= 15 is 0 Å². The maximum absolute atomic E-state index is 13.4. The van der Waals surface area contributed by atoms with E-state index in [0.717, 1.165) is 12.2 Å². The Labute approximate surface area is 133 Å². The second-order valence-corrected chi connectivity index (χ2v) is 5.39. The van der Waals surface area contributed by atoms with E-state index in [-0.39, 0.29) is 11.9 Å². The van der Waals surface area contributed by atoms with Crippen LogP contribution >= 0.6 is 11.6 Å². The molecule has 0 radical (unpaired) electrons. The quantitative estimate of drug-likeness (QED) is 0.940. The monoisotopic (exact) mass is 322 g/mol. The van der Waals surface area contributed by atoms with Gasteiger partial charge < -0.3 is 14.8 Å². The summed E-state index contributed by atoms with van der Waals surface area (Å²) in [4.78, 5) is 4.33. The predicted molar refractivity (Wildman–Crippen MR) is 81.6 cm³/mol. The minimum absolute atomic E-state index is 0.219. The Kier molecular flexibility index (Phi) is 4.87. The summed E-state index contributed by atoms with van der Waals surface area (Å²) in [5, 5.41) is 3.61. The predicted octanol–water partition coefficient (Wildman–Crippen LogP) is 2.98. The fraction of sp³-hybridized carbons (Fsp3) is 0.312. The Hall–Kier alpha value is -1.69. The van der Waals surface area contributed by atoms with Crippen LogP contribution in [0, 0.1) is 5.82 Å². The largest absolute Gasteiger partial charge is 0.480 e. The van der Waals surface area contributed by atoms with Gasteiger partial charge in [0.05, 0.1) is 17.3 Å². The van der Waals surface area contributed by atoms with Crippen molar-refractivity contribution in [2.24, 2.45) is 0 Å². The van der Waals surface area contributed by atoms with Gasteiger partial charge in [-0.1, -0.05) is 17.7 Å². The zero-order valence-electron chi connectivity index (χ0n) is 11.8. The summed E-state index contributed by atoms with van der Waals surface area (Å²) in [6.45, 7) is 2.02. The highest BCUT2D eigenvalue weighted by atomic mass is 35.5. The van der Waals surface area contributed by atoms with E-state index in [2.05, 4.69) is 10.3 Å². The lowest BCUT2D eigenvalue weighted by Gasteiger charge is -2.31. The first kappa shape index (κ1) is 15.2. The zero-order valence-corrected chi connectivity index (χ0v) is 12.6. The third-order valence-electron chi connectivity index (χ3n) is 3.42. The molecule has 1 aromatic heterocycles. The Morgan fingerprint density at radius 1 is 1.36 bits per heavy atom. The molecule has 3 rings (SSSR count). The first-order valence-corrected chi connectivity index (χ1v) is 7.47. The van der Waals surface area contributed by atoms with Gasteiger partial charge in [-0.25, -0.2) is 4.39 Å². The Bertz CT molecular complexity index is 621. The SMILES string of the molecule is Fc1ccc(Cl)c(OC(c2ccccn2)C2CNCCO2)c1. The van der Waals surface area contributed by atoms with Crippen LogP contribution in [0.2, 0.25) is 5.02 Å². The third-order valence-corrected chi connectivity index (χ3v) is 3.73. The zero-order chi connectivity index (χ0) is 15.4. The highest BCUT2D eigenvalue weighted by Gasteiger charge is 2.29. The average molecular weight is 323 g/mol. The van der Waals surface area contributed by atoms with Crippen LogP contribution in [0.25, 0.3) is 0 Å². The van der Waals surface area contributed by atoms with Crippen molar-refractivity contribution in [3.05, 3.63) is 59.1 Å². The minimum atomic E-state index is -0.465. The number of benzene rings is 1. The molecule has 1 N–H and O–H groups in total. The molecular weight excluding hydrogens is 307 g/mol. The number of hydrogen-bond donors (Lipinski definition) is 1.